The first kappa shape index (κ1) is 18.1. The highest BCUT2D eigenvalue weighted by Gasteiger charge is 2.36. The monoisotopic (exact) mass is 369 g/mol. The van der Waals surface area contributed by atoms with E-state index < -0.39 is 12.0 Å². The third-order valence-corrected chi connectivity index (χ3v) is 4.92. The van der Waals surface area contributed by atoms with Gasteiger partial charge in [0.05, 0.1) is 12.5 Å². The van der Waals surface area contributed by atoms with Gasteiger partial charge in [-0.1, -0.05) is 0 Å². The first-order valence-electron chi connectivity index (χ1n) is 8.71. The second kappa shape index (κ2) is 8.09. The SMILES string of the molecule is O=C(C[C@@H]1C(=O)NCCN1C(=S)NC(=O)C1CC1)OC[C@H]1CCCO1. The van der Waals surface area contributed by atoms with Crippen molar-refractivity contribution in [2.75, 3.05) is 26.3 Å². The molecule has 2 amide bonds. The lowest BCUT2D eigenvalue weighted by Crippen LogP contribution is -2.60. The molecule has 1 aliphatic carbocycles. The number of carbonyl (C=O) groups excluding carboxylic acids is 3. The lowest BCUT2D eigenvalue weighted by molar-refractivity contribution is -0.150. The predicted octanol–water partition coefficient (Wildman–Crippen LogP) is -0.290. The number of ether oxygens (including phenoxy) is 2. The zero-order chi connectivity index (χ0) is 17.8. The molecule has 0 bridgehead atoms. The van der Waals surface area contributed by atoms with Gasteiger partial charge in [0, 0.05) is 25.6 Å². The third kappa shape index (κ3) is 4.88. The van der Waals surface area contributed by atoms with Crippen LogP contribution < -0.4 is 10.6 Å². The molecule has 9 heteroatoms. The summed E-state index contributed by atoms with van der Waals surface area (Å²) >= 11 is 5.27. The van der Waals surface area contributed by atoms with E-state index in [9.17, 15) is 14.4 Å². The maximum Gasteiger partial charge on any atom is 0.308 e. The maximum absolute atomic E-state index is 12.2. The van der Waals surface area contributed by atoms with Crippen molar-refractivity contribution < 1.29 is 23.9 Å². The fraction of sp³-hybridized carbons (Fsp3) is 0.750. The van der Waals surface area contributed by atoms with Gasteiger partial charge in [-0.15, -0.1) is 0 Å². The Morgan fingerprint density at radius 1 is 1.36 bits per heavy atom. The smallest absolute Gasteiger partial charge is 0.308 e. The standard InChI is InChI=1S/C16H23N3O5S/c20-13(24-9-11-2-1-7-23-11)8-12-15(22)17-5-6-19(12)16(25)18-14(21)10-3-4-10/h10-12H,1-9H2,(H,17,22)(H,18,21,25)/t11-,12-/m1/s1. The van der Waals surface area contributed by atoms with E-state index in [1.807, 2.05) is 0 Å². The normalized spacial score (nSPS) is 26.1. The molecule has 1 saturated carbocycles. The van der Waals surface area contributed by atoms with Gasteiger partial charge in [0.1, 0.15) is 12.6 Å². The number of thiocarbonyl (C=S) groups is 1. The summed E-state index contributed by atoms with van der Waals surface area (Å²) in [6.07, 6.45) is 3.41. The Hall–Kier alpha value is -1.74. The largest absolute Gasteiger partial charge is 0.463 e. The summed E-state index contributed by atoms with van der Waals surface area (Å²) in [7, 11) is 0. The van der Waals surface area contributed by atoms with Crippen molar-refractivity contribution in [2.24, 2.45) is 5.92 Å². The summed E-state index contributed by atoms with van der Waals surface area (Å²) in [5.41, 5.74) is 0. The molecule has 0 radical (unpaired) electrons. The van der Waals surface area contributed by atoms with Gasteiger partial charge in [-0.05, 0) is 37.9 Å². The van der Waals surface area contributed by atoms with Crippen LogP contribution in [0.3, 0.4) is 0 Å². The quantitative estimate of drug-likeness (QED) is 0.508. The minimum atomic E-state index is -0.766. The van der Waals surface area contributed by atoms with Crippen molar-refractivity contribution in [3.8, 4) is 0 Å². The van der Waals surface area contributed by atoms with Crippen molar-refractivity contribution >= 4 is 35.1 Å². The Labute approximate surface area is 151 Å². The van der Waals surface area contributed by atoms with Crippen LogP contribution in [-0.4, -0.2) is 66.2 Å². The Bertz CT molecular complexity index is 560. The predicted molar refractivity (Wildman–Crippen MR) is 91.5 cm³/mol. The van der Waals surface area contributed by atoms with E-state index in [1.165, 1.54) is 0 Å². The number of hydrogen-bond donors (Lipinski definition) is 2. The molecule has 138 valence electrons. The highest BCUT2D eigenvalue weighted by molar-refractivity contribution is 7.80. The van der Waals surface area contributed by atoms with E-state index in [1.54, 1.807) is 4.90 Å². The summed E-state index contributed by atoms with van der Waals surface area (Å²) in [5, 5.41) is 5.60. The third-order valence-electron chi connectivity index (χ3n) is 4.58. The number of nitrogens with one attached hydrogen (secondary N) is 2. The van der Waals surface area contributed by atoms with Crippen LogP contribution >= 0.6 is 12.2 Å². The van der Waals surface area contributed by atoms with Gasteiger partial charge in [0.2, 0.25) is 11.8 Å². The van der Waals surface area contributed by atoms with Crippen molar-refractivity contribution in [2.45, 2.75) is 44.2 Å². The van der Waals surface area contributed by atoms with Crippen LogP contribution in [0.1, 0.15) is 32.1 Å². The molecule has 0 unspecified atom stereocenters. The molecule has 3 rings (SSSR count). The molecule has 0 aromatic heterocycles. The molecular weight excluding hydrogens is 346 g/mol. The molecule has 3 fully saturated rings. The molecule has 2 aliphatic heterocycles. The number of piperazine rings is 1. The number of esters is 1. The van der Waals surface area contributed by atoms with Crippen LogP contribution in [-0.2, 0) is 23.9 Å². The topological polar surface area (TPSA) is 97.0 Å². The second-order valence-corrected chi connectivity index (χ2v) is 6.98. The molecule has 0 spiro atoms. The summed E-state index contributed by atoms with van der Waals surface area (Å²) in [5.74, 6) is -0.857. The highest BCUT2D eigenvalue weighted by Crippen LogP contribution is 2.28. The molecule has 0 aromatic carbocycles. The van der Waals surface area contributed by atoms with Crippen molar-refractivity contribution in [1.29, 1.82) is 0 Å². The van der Waals surface area contributed by atoms with Gasteiger partial charge in [0.15, 0.2) is 5.11 Å². The van der Waals surface area contributed by atoms with Crippen molar-refractivity contribution in [3.05, 3.63) is 0 Å². The molecule has 2 atom stereocenters. The molecule has 8 nitrogen and oxygen atoms in total. The van der Waals surface area contributed by atoms with Gasteiger partial charge in [-0.2, -0.15) is 0 Å². The van der Waals surface area contributed by atoms with E-state index >= 15 is 0 Å². The minimum Gasteiger partial charge on any atom is -0.463 e. The number of hydrogen-bond acceptors (Lipinski definition) is 6. The Morgan fingerprint density at radius 2 is 2.16 bits per heavy atom. The van der Waals surface area contributed by atoms with Crippen LogP contribution in [0, 0.1) is 5.92 Å². The van der Waals surface area contributed by atoms with Gasteiger partial charge >= 0.3 is 5.97 Å². The first-order valence-corrected chi connectivity index (χ1v) is 9.12. The number of nitrogens with zero attached hydrogens (tertiary/aromatic N) is 1. The van der Waals surface area contributed by atoms with E-state index in [2.05, 4.69) is 10.6 Å². The van der Waals surface area contributed by atoms with Gasteiger partial charge in [-0.25, -0.2) is 0 Å². The summed E-state index contributed by atoms with van der Waals surface area (Å²) < 4.78 is 10.6. The van der Waals surface area contributed by atoms with Crippen LogP contribution in [0.2, 0.25) is 0 Å². The van der Waals surface area contributed by atoms with Crippen molar-refractivity contribution in [1.82, 2.24) is 15.5 Å². The van der Waals surface area contributed by atoms with Crippen LogP contribution in [0.25, 0.3) is 0 Å². The molecule has 2 N–H and O–H groups in total. The molecule has 25 heavy (non-hydrogen) atoms. The fourth-order valence-corrected chi connectivity index (χ4v) is 3.28. The summed E-state index contributed by atoms with van der Waals surface area (Å²) in [4.78, 5) is 37.8. The van der Waals surface area contributed by atoms with Crippen LogP contribution in [0.4, 0.5) is 0 Å². The lowest BCUT2D eigenvalue weighted by Gasteiger charge is -2.36. The zero-order valence-corrected chi connectivity index (χ0v) is 14.8. The van der Waals surface area contributed by atoms with E-state index in [4.69, 9.17) is 21.7 Å². The Kier molecular flexibility index (Phi) is 5.85. The van der Waals surface area contributed by atoms with E-state index in [-0.39, 0.29) is 42.0 Å². The fourth-order valence-electron chi connectivity index (χ4n) is 2.96. The molecule has 3 aliphatic rings. The summed E-state index contributed by atoms with van der Waals surface area (Å²) in [6.45, 7) is 1.75. The number of amides is 2. The van der Waals surface area contributed by atoms with Gasteiger partial charge < -0.3 is 25.0 Å². The Balaban J connectivity index is 1.53. The molecule has 2 saturated heterocycles. The van der Waals surface area contributed by atoms with Gasteiger partial charge in [0.25, 0.3) is 0 Å². The zero-order valence-electron chi connectivity index (χ0n) is 14.0. The minimum absolute atomic E-state index is 0.0198. The van der Waals surface area contributed by atoms with Crippen LogP contribution in [0.15, 0.2) is 0 Å². The molecule has 2 heterocycles. The average Bonchev–Trinajstić information content (AvgIpc) is 3.31. The lowest BCUT2D eigenvalue weighted by atomic mass is 10.1. The van der Waals surface area contributed by atoms with Gasteiger partial charge in [-0.3, -0.25) is 14.4 Å². The Morgan fingerprint density at radius 3 is 2.84 bits per heavy atom. The van der Waals surface area contributed by atoms with Crippen molar-refractivity contribution in [3.63, 3.8) is 0 Å². The van der Waals surface area contributed by atoms with E-state index in [0.29, 0.717) is 19.7 Å². The number of carbonyl (C=O) groups is 3. The molecular formula is C16H23N3O5S. The van der Waals surface area contributed by atoms with Crippen LogP contribution in [0.5, 0.6) is 0 Å². The second-order valence-electron chi connectivity index (χ2n) is 6.59. The van der Waals surface area contributed by atoms with E-state index in [0.717, 1.165) is 25.7 Å². The number of rotatable bonds is 5. The molecule has 0 aromatic rings. The summed E-state index contributed by atoms with van der Waals surface area (Å²) in [6, 6.07) is -0.766. The first-order chi connectivity index (χ1) is 12.0. The maximum atomic E-state index is 12.2. The average molecular weight is 369 g/mol. The highest BCUT2D eigenvalue weighted by atomic mass is 32.1.